The van der Waals surface area contributed by atoms with Crippen molar-refractivity contribution in [2.24, 2.45) is 11.3 Å². The lowest BCUT2D eigenvalue weighted by atomic mass is 9.69. The molecular weight excluding hydrogens is 260 g/mol. The molecule has 0 aromatic carbocycles. The molecule has 0 amide bonds. The van der Waals surface area contributed by atoms with Crippen molar-refractivity contribution in [2.75, 3.05) is 0 Å². The number of halogens is 1. The summed E-state index contributed by atoms with van der Waals surface area (Å²) in [7, 11) is 0. The highest BCUT2D eigenvalue weighted by atomic mass is 35.5. The second-order valence-corrected chi connectivity index (χ2v) is 6.64. The van der Waals surface area contributed by atoms with E-state index in [1.54, 1.807) is 6.20 Å². The third kappa shape index (κ3) is 2.81. The number of nitrogens with two attached hydrogens (primary N) is 1. The van der Waals surface area contributed by atoms with Crippen LogP contribution in [0.4, 0.5) is 0 Å². The van der Waals surface area contributed by atoms with Crippen LogP contribution in [0.15, 0.2) is 6.20 Å². The molecule has 1 atom stereocenters. The first kappa shape index (κ1) is 14.8. The highest BCUT2D eigenvalue weighted by Crippen LogP contribution is 2.46. The van der Waals surface area contributed by atoms with Gasteiger partial charge in [0.15, 0.2) is 0 Å². The molecule has 1 saturated carbocycles. The normalized spacial score (nSPS) is 20.7. The lowest BCUT2D eigenvalue weighted by molar-refractivity contribution is 0.137. The number of rotatable bonds is 4. The smallest absolute Gasteiger partial charge is 0.0835 e. The summed E-state index contributed by atoms with van der Waals surface area (Å²) in [5.41, 5.74) is 4.19. The number of nitrogens with one attached hydrogen (secondary N) is 1. The van der Waals surface area contributed by atoms with Gasteiger partial charge in [-0.1, -0.05) is 37.8 Å². The Labute approximate surface area is 120 Å². The van der Waals surface area contributed by atoms with Crippen LogP contribution in [0.1, 0.15) is 70.7 Å². The molecule has 1 aromatic rings. The van der Waals surface area contributed by atoms with Gasteiger partial charge in [-0.25, -0.2) is 0 Å². The first-order valence-electron chi connectivity index (χ1n) is 7.18. The zero-order chi connectivity index (χ0) is 14.0. The highest BCUT2D eigenvalue weighted by molar-refractivity contribution is 6.31. The van der Waals surface area contributed by atoms with Crippen molar-refractivity contribution in [1.29, 1.82) is 0 Å². The molecule has 1 fully saturated rings. The summed E-state index contributed by atoms with van der Waals surface area (Å²) >= 11 is 6.36. The Morgan fingerprint density at radius 2 is 2.00 bits per heavy atom. The lowest BCUT2D eigenvalue weighted by Crippen LogP contribution is -2.42. The minimum absolute atomic E-state index is 0.0604. The van der Waals surface area contributed by atoms with Crippen LogP contribution in [-0.4, -0.2) is 9.78 Å². The SMILES string of the molecule is CC(C)n1ncc(Cl)c1C(NN)C1(C)CCCCC1. The van der Waals surface area contributed by atoms with E-state index in [0.29, 0.717) is 5.02 Å². The Balaban J connectivity index is 2.38. The number of hydrazine groups is 1. The van der Waals surface area contributed by atoms with Crippen molar-refractivity contribution >= 4 is 11.6 Å². The number of nitrogens with zero attached hydrogens (tertiary/aromatic N) is 2. The maximum Gasteiger partial charge on any atom is 0.0835 e. The second kappa shape index (κ2) is 5.81. The molecule has 0 aliphatic heterocycles. The number of hydrogen-bond acceptors (Lipinski definition) is 3. The summed E-state index contributed by atoms with van der Waals surface area (Å²) in [5.74, 6) is 5.87. The van der Waals surface area contributed by atoms with Gasteiger partial charge in [0.2, 0.25) is 0 Å². The lowest BCUT2D eigenvalue weighted by Gasteiger charge is -2.41. The zero-order valence-electron chi connectivity index (χ0n) is 12.1. The molecule has 0 bridgehead atoms. The maximum atomic E-state index is 6.36. The largest absolute Gasteiger partial charge is 0.271 e. The molecule has 1 unspecified atom stereocenters. The zero-order valence-corrected chi connectivity index (χ0v) is 12.9. The number of aromatic nitrogens is 2. The quantitative estimate of drug-likeness (QED) is 0.656. The van der Waals surface area contributed by atoms with Crippen molar-refractivity contribution in [3.63, 3.8) is 0 Å². The van der Waals surface area contributed by atoms with E-state index in [-0.39, 0.29) is 17.5 Å². The van der Waals surface area contributed by atoms with Gasteiger partial charge in [-0.2, -0.15) is 5.10 Å². The average molecular weight is 285 g/mol. The van der Waals surface area contributed by atoms with Crippen molar-refractivity contribution in [2.45, 2.75) is 65.0 Å². The van der Waals surface area contributed by atoms with Crippen molar-refractivity contribution in [1.82, 2.24) is 15.2 Å². The first-order valence-corrected chi connectivity index (χ1v) is 7.56. The average Bonchev–Trinajstić information content (AvgIpc) is 2.73. The van der Waals surface area contributed by atoms with E-state index in [0.717, 1.165) is 5.69 Å². The summed E-state index contributed by atoms with van der Waals surface area (Å²) in [6.07, 6.45) is 7.95. The summed E-state index contributed by atoms with van der Waals surface area (Å²) < 4.78 is 1.99. The molecule has 2 rings (SSSR count). The fourth-order valence-corrected chi connectivity index (χ4v) is 3.53. The van der Waals surface area contributed by atoms with Gasteiger partial charge in [0.25, 0.3) is 0 Å². The topological polar surface area (TPSA) is 55.9 Å². The van der Waals surface area contributed by atoms with Crippen molar-refractivity contribution in [3.8, 4) is 0 Å². The fourth-order valence-electron chi connectivity index (χ4n) is 3.29. The van der Waals surface area contributed by atoms with E-state index in [1.807, 2.05) is 4.68 Å². The van der Waals surface area contributed by atoms with Gasteiger partial charge < -0.3 is 0 Å². The van der Waals surface area contributed by atoms with Gasteiger partial charge in [0, 0.05) is 6.04 Å². The van der Waals surface area contributed by atoms with Gasteiger partial charge in [-0.05, 0) is 32.1 Å². The van der Waals surface area contributed by atoms with Crippen LogP contribution in [0.2, 0.25) is 5.02 Å². The Bertz CT molecular complexity index is 421. The monoisotopic (exact) mass is 284 g/mol. The van der Waals surface area contributed by atoms with Crippen LogP contribution in [-0.2, 0) is 0 Å². The summed E-state index contributed by atoms with van der Waals surface area (Å²) in [4.78, 5) is 0. The van der Waals surface area contributed by atoms with Crippen LogP contribution in [0.5, 0.6) is 0 Å². The molecule has 5 heteroatoms. The van der Waals surface area contributed by atoms with Crippen molar-refractivity contribution in [3.05, 3.63) is 16.9 Å². The molecule has 19 heavy (non-hydrogen) atoms. The Morgan fingerprint density at radius 1 is 1.37 bits per heavy atom. The Morgan fingerprint density at radius 3 is 2.53 bits per heavy atom. The molecule has 1 heterocycles. The third-order valence-electron chi connectivity index (χ3n) is 4.41. The van der Waals surface area contributed by atoms with Gasteiger partial charge >= 0.3 is 0 Å². The van der Waals surface area contributed by atoms with Crippen LogP contribution in [0.25, 0.3) is 0 Å². The molecule has 1 aliphatic carbocycles. The second-order valence-electron chi connectivity index (χ2n) is 6.23. The predicted molar refractivity (Wildman–Crippen MR) is 78.9 cm³/mol. The summed E-state index contributed by atoms with van der Waals surface area (Å²) in [6.45, 7) is 6.54. The molecular formula is C14H25ClN4. The minimum Gasteiger partial charge on any atom is -0.271 e. The fraction of sp³-hybridized carbons (Fsp3) is 0.786. The van der Waals surface area contributed by atoms with E-state index in [2.05, 4.69) is 31.3 Å². The van der Waals surface area contributed by atoms with Gasteiger partial charge in [-0.15, -0.1) is 0 Å². The van der Waals surface area contributed by atoms with Crippen LogP contribution < -0.4 is 11.3 Å². The van der Waals surface area contributed by atoms with E-state index in [4.69, 9.17) is 17.4 Å². The highest BCUT2D eigenvalue weighted by Gasteiger charge is 2.39. The van der Waals surface area contributed by atoms with Crippen molar-refractivity contribution < 1.29 is 0 Å². The molecule has 1 aliphatic rings. The predicted octanol–water partition coefficient (Wildman–Crippen LogP) is 3.59. The standard InChI is InChI=1S/C14H25ClN4/c1-10(2)19-12(11(15)9-17-19)13(18-16)14(3)7-5-4-6-8-14/h9-10,13,18H,4-8,16H2,1-3H3. The van der Waals surface area contributed by atoms with E-state index in [1.165, 1.54) is 32.1 Å². The van der Waals surface area contributed by atoms with Crippen LogP contribution in [0, 0.1) is 5.41 Å². The number of hydrogen-bond donors (Lipinski definition) is 2. The van der Waals surface area contributed by atoms with Crippen LogP contribution >= 0.6 is 11.6 Å². The molecule has 0 saturated heterocycles. The van der Waals surface area contributed by atoms with Gasteiger partial charge in [0.05, 0.1) is 23.0 Å². The van der Waals surface area contributed by atoms with E-state index in [9.17, 15) is 0 Å². The molecule has 0 radical (unpaired) electrons. The Hall–Kier alpha value is -0.580. The van der Waals surface area contributed by atoms with Gasteiger partial charge in [-0.3, -0.25) is 16.0 Å². The third-order valence-corrected chi connectivity index (χ3v) is 4.70. The molecule has 108 valence electrons. The summed E-state index contributed by atoms with van der Waals surface area (Å²) in [5, 5.41) is 5.11. The molecule has 3 N–H and O–H groups in total. The van der Waals surface area contributed by atoms with Gasteiger partial charge in [0.1, 0.15) is 0 Å². The first-order chi connectivity index (χ1) is 8.99. The minimum atomic E-state index is 0.0604. The molecule has 0 spiro atoms. The molecule has 4 nitrogen and oxygen atoms in total. The van der Waals surface area contributed by atoms with E-state index < -0.39 is 0 Å². The molecule has 1 aromatic heterocycles. The Kier molecular flexibility index (Phi) is 4.54. The van der Waals surface area contributed by atoms with E-state index >= 15 is 0 Å². The van der Waals surface area contributed by atoms with Crippen LogP contribution in [0.3, 0.4) is 0 Å². The maximum absolute atomic E-state index is 6.36. The summed E-state index contributed by atoms with van der Waals surface area (Å²) in [6, 6.07) is 0.343.